The number of pyridine rings is 2. The number of H-pyrrole nitrogens is 1. The van der Waals surface area contributed by atoms with Gasteiger partial charge in [-0.1, -0.05) is 55.8 Å². The second-order valence-electron chi connectivity index (χ2n) is 10.5. The summed E-state index contributed by atoms with van der Waals surface area (Å²) in [5.74, 6) is 0.864. The first-order chi connectivity index (χ1) is 19.6. The van der Waals surface area contributed by atoms with E-state index in [1.807, 2.05) is 0 Å². The number of aromatic nitrogens is 6. The number of halogens is 4. The largest absolute Gasteiger partial charge is 0.522 e. The number of alkyl halides is 3. The molecular formula is C27H31ClF3N7O3. The standard InChI is InChI=1S/C20H17ClF3N7O3.C7H14/c1-30-16-13(27-18(30)31-4-2-3-12(31)9-33-20(22,23)24)6-14(17-28-19(32)34-29-17)26-15(16)10-5-11(21)8-25-7-10;1-7-5-3-2-4-6-7/h5-8,12H,2-4,9H2,1H3,(H,28,29,32);7H,2-6H2,1H3. The third-order valence-electron chi connectivity index (χ3n) is 7.46. The van der Waals surface area contributed by atoms with E-state index >= 15 is 0 Å². The highest BCUT2D eigenvalue weighted by molar-refractivity contribution is 6.30. The Kier molecular flexibility index (Phi) is 8.64. The van der Waals surface area contributed by atoms with E-state index in [-0.39, 0.29) is 11.5 Å². The van der Waals surface area contributed by atoms with Gasteiger partial charge in [-0.15, -0.1) is 13.2 Å². The molecular weight excluding hydrogens is 563 g/mol. The van der Waals surface area contributed by atoms with Crippen molar-refractivity contribution >= 4 is 28.6 Å². The molecule has 1 N–H and O–H groups in total. The van der Waals surface area contributed by atoms with Crippen molar-refractivity contribution in [2.24, 2.45) is 13.0 Å². The van der Waals surface area contributed by atoms with Crippen molar-refractivity contribution in [3.63, 3.8) is 0 Å². The first-order valence-electron chi connectivity index (χ1n) is 13.6. The average molecular weight is 594 g/mol. The molecule has 41 heavy (non-hydrogen) atoms. The summed E-state index contributed by atoms with van der Waals surface area (Å²) in [7, 11) is 1.76. The lowest BCUT2D eigenvalue weighted by molar-refractivity contribution is -0.325. The van der Waals surface area contributed by atoms with E-state index in [0.29, 0.717) is 52.6 Å². The molecule has 14 heteroatoms. The van der Waals surface area contributed by atoms with Gasteiger partial charge < -0.3 is 9.47 Å². The van der Waals surface area contributed by atoms with Gasteiger partial charge in [-0.3, -0.25) is 19.2 Å². The normalized spacial score (nSPS) is 18.1. The number of hydrogen-bond donors (Lipinski definition) is 1. The number of aryl methyl sites for hydroxylation is 1. The van der Waals surface area contributed by atoms with E-state index in [4.69, 9.17) is 16.6 Å². The molecule has 1 atom stereocenters. The Balaban J connectivity index is 0.000000423. The predicted octanol–water partition coefficient (Wildman–Crippen LogP) is 6.12. The van der Waals surface area contributed by atoms with Crippen molar-refractivity contribution in [3.05, 3.63) is 40.1 Å². The maximum atomic E-state index is 12.6. The SMILES string of the molecule is CC1CCCCC1.Cn1c(N2CCCC2COC(F)(F)F)nc2cc(-c3noc(=O)[nH]3)nc(-c3cncc(Cl)c3)c21. The van der Waals surface area contributed by atoms with Crippen LogP contribution < -0.4 is 10.7 Å². The number of hydrogen-bond acceptors (Lipinski definition) is 8. The summed E-state index contributed by atoms with van der Waals surface area (Å²) in [6, 6.07) is 2.80. The third kappa shape index (κ3) is 6.89. The molecule has 1 saturated heterocycles. The van der Waals surface area contributed by atoms with Gasteiger partial charge in [0.25, 0.3) is 0 Å². The van der Waals surface area contributed by atoms with Gasteiger partial charge in [0.05, 0.1) is 34.4 Å². The van der Waals surface area contributed by atoms with Crippen molar-refractivity contribution in [1.29, 1.82) is 0 Å². The van der Waals surface area contributed by atoms with E-state index in [2.05, 4.69) is 36.3 Å². The van der Waals surface area contributed by atoms with Crippen LogP contribution in [-0.2, 0) is 11.8 Å². The number of nitrogens with one attached hydrogen (secondary N) is 1. The molecule has 4 aromatic rings. The lowest BCUT2D eigenvalue weighted by Crippen LogP contribution is -2.36. The Hall–Kier alpha value is -3.45. The minimum absolute atomic E-state index is 0.105. The first kappa shape index (κ1) is 29.1. The molecule has 5 heterocycles. The number of rotatable bonds is 5. The van der Waals surface area contributed by atoms with Crippen molar-refractivity contribution in [2.75, 3.05) is 18.1 Å². The fraction of sp³-hybridized carbons (Fsp3) is 0.519. The molecule has 1 aliphatic carbocycles. The number of imidazole rings is 1. The van der Waals surface area contributed by atoms with Crippen LogP contribution in [0.15, 0.2) is 33.8 Å². The van der Waals surface area contributed by atoms with Crippen LogP contribution >= 0.6 is 11.6 Å². The predicted molar refractivity (Wildman–Crippen MR) is 147 cm³/mol. The minimum atomic E-state index is -4.71. The van der Waals surface area contributed by atoms with Crippen LogP contribution in [0.25, 0.3) is 33.8 Å². The third-order valence-corrected chi connectivity index (χ3v) is 7.66. The highest BCUT2D eigenvalue weighted by Gasteiger charge is 2.35. The fourth-order valence-corrected chi connectivity index (χ4v) is 5.63. The monoisotopic (exact) mass is 593 g/mol. The van der Waals surface area contributed by atoms with Crippen molar-refractivity contribution in [1.82, 2.24) is 29.7 Å². The highest BCUT2D eigenvalue weighted by Crippen LogP contribution is 2.35. The van der Waals surface area contributed by atoms with Gasteiger partial charge in [-0.2, -0.15) is 0 Å². The Labute approximate surface area is 238 Å². The summed E-state index contributed by atoms with van der Waals surface area (Å²) in [6.07, 6.45) is 7.02. The molecule has 10 nitrogen and oxygen atoms in total. The lowest BCUT2D eigenvalue weighted by atomic mass is 9.91. The molecule has 1 aliphatic heterocycles. The van der Waals surface area contributed by atoms with Crippen molar-refractivity contribution in [3.8, 4) is 22.8 Å². The van der Waals surface area contributed by atoms with Gasteiger partial charge >= 0.3 is 12.1 Å². The molecule has 2 aliphatic rings. The van der Waals surface area contributed by atoms with Gasteiger partial charge in [-0.25, -0.2) is 14.8 Å². The molecule has 2 fully saturated rings. The zero-order valence-corrected chi connectivity index (χ0v) is 23.5. The van der Waals surface area contributed by atoms with Gasteiger partial charge in [-0.05, 0) is 30.9 Å². The molecule has 4 aromatic heterocycles. The number of anilines is 1. The van der Waals surface area contributed by atoms with E-state index < -0.39 is 24.8 Å². The zero-order chi connectivity index (χ0) is 29.1. The van der Waals surface area contributed by atoms with Crippen LogP contribution in [0.1, 0.15) is 51.9 Å². The van der Waals surface area contributed by atoms with Crippen LogP contribution in [-0.4, -0.2) is 55.2 Å². The maximum Gasteiger partial charge on any atom is 0.522 e. The van der Waals surface area contributed by atoms with Gasteiger partial charge in [0.15, 0.2) is 0 Å². The molecule has 0 amide bonds. The Morgan fingerprint density at radius 3 is 2.54 bits per heavy atom. The van der Waals surface area contributed by atoms with Crippen LogP contribution in [0.4, 0.5) is 19.1 Å². The van der Waals surface area contributed by atoms with Crippen LogP contribution in [0.2, 0.25) is 5.02 Å². The Morgan fingerprint density at radius 1 is 1.12 bits per heavy atom. The topological polar surface area (TPSA) is 115 Å². The highest BCUT2D eigenvalue weighted by atomic mass is 35.5. The fourth-order valence-electron chi connectivity index (χ4n) is 5.45. The van der Waals surface area contributed by atoms with Crippen molar-refractivity contribution in [2.45, 2.75) is 64.3 Å². The summed E-state index contributed by atoms with van der Waals surface area (Å²) in [6.45, 7) is 2.38. The zero-order valence-electron chi connectivity index (χ0n) is 22.7. The van der Waals surface area contributed by atoms with Crippen LogP contribution in [0.5, 0.6) is 0 Å². The molecule has 1 saturated carbocycles. The van der Waals surface area contributed by atoms with Gasteiger partial charge in [0.1, 0.15) is 5.69 Å². The van der Waals surface area contributed by atoms with Crippen LogP contribution in [0.3, 0.4) is 0 Å². The summed E-state index contributed by atoms with van der Waals surface area (Å²) in [5.41, 5.74) is 2.42. The quantitative estimate of drug-likeness (QED) is 0.294. The second-order valence-corrected chi connectivity index (χ2v) is 11.0. The lowest BCUT2D eigenvalue weighted by Gasteiger charge is -2.25. The Bertz CT molecular complexity index is 1550. The number of aromatic amines is 1. The number of nitrogens with zero attached hydrogens (tertiary/aromatic N) is 6. The van der Waals surface area contributed by atoms with E-state index in [9.17, 15) is 18.0 Å². The summed E-state index contributed by atoms with van der Waals surface area (Å²) < 4.78 is 48.4. The van der Waals surface area contributed by atoms with E-state index in [1.54, 1.807) is 34.8 Å². The maximum absolute atomic E-state index is 12.6. The Morgan fingerprint density at radius 2 is 1.90 bits per heavy atom. The van der Waals surface area contributed by atoms with Gasteiger partial charge in [0.2, 0.25) is 11.8 Å². The smallest absolute Gasteiger partial charge is 0.337 e. The number of fused-ring (bicyclic) bond motifs is 1. The van der Waals surface area contributed by atoms with E-state index in [0.717, 1.165) is 5.92 Å². The van der Waals surface area contributed by atoms with Gasteiger partial charge in [0, 0.05) is 31.5 Å². The van der Waals surface area contributed by atoms with Crippen LogP contribution in [0, 0.1) is 5.92 Å². The molecule has 0 bridgehead atoms. The molecule has 6 rings (SSSR count). The first-order valence-corrected chi connectivity index (χ1v) is 14.0. The molecule has 220 valence electrons. The summed E-state index contributed by atoms with van der Waals surface area (Å²) >= 11 is 6.14. The molecule has 0 radical (unpaired) electrons. The van der Waals surface area contributed by atoms with E-state index in [1.165, 1.54) is 38.3 Å². The average Bonchev–Trinajstić information content (AvgIpc) is 3.66. The summed E-state index contributed by atoms with van der Waals surface area (Å²) in [5, 5.41) is 4.08. The molecule has 1 unspecified atom stereocenters. The second kappa shape index (κ2) is 12.2. The van der Waals surface area contributed by atoms with Crippen molar-refractivity contribution < 1.29 is 22.4 Å². The molecule has 0 spiro atoms. The minimum Gasteiger partial charge on any atom is -0.337 e. The molecule has 0 aromatic carbocycles. The summed E-state index contributed by atoms with van der Waals surface area (Å²) in [4.78, 5) is 29.2. The number of ether oxygens (including phenoxy) is 1.